The Balaban J connectivity index is 1.22. The van der Waals surface area contributed by atoms with Crippen molar-refractivity contribution in [3.8, 4) is 17.0 Å². The van der Waals surface area contributed by atoms with Crippen molar-refractivity contribution in [3.63, 3.8) is 0 Å². The molecule has 1 aromatic heterocycles. The second kappa shape index (κ2) is 10.0. The smallest absolute Gasteiger partial charge is 0.147 e. The number of aliphatic hydroxyl groups is 1. The highest BCUT2D eigenvalue weighted by Gasteiger charge is 2.41. The first-order valence-corrected chi connectivity index (χ1v) is 13.7. The van der Waals surface area contributed by atoms with Gasteiger partial charge in [-0.25, -0.2) is 4.39 Å². The molecule has 4 aromatic rings. The Morgan fingerprint density at radius 3 is 2.58 bits per heavy atom. The number of ether oxygens (including phenoxy) is 1. The minimum absolute atomic E-state index is 0.0730. The second-order valence-corrected chi connectivity index (χ2v) is 11.4. The molecule has 2 aliphatic rings. The zero-order valence-corrected chi connectivity index (χ0v) is 22.5. The highest BCUT2D eigenvalue weighted by atomic mass is 35.5. The summed E-state index contributed by atoms with van der Waals surface area (Å²) < 4.78 is 25.7. The van der Waals surface area contributed by atoms with Crippen molar-refractivity contribution in [2.75, 3.05) is 0 Å². The fraction of sp³-hybridized carbons (Fsp3) is 0.323. The van der Waals surface area contributed by atoms with Crippen LogP contribution in [-0.4, -0.2) is 10.3 Å². The van der Waals surface area contributed by atoms with E-state index in [0.717, 1.165) is 47.3 Å². The van der Waals surface area contributed by atoms with Gasteiger partial charge in [0, 0.05) is 17.0 Å². The lowest BCUT2D eigenvalue weighted by atomic mass is 9.89. The normalized spacial score (nSPS) is 21.1. The number of hydrogen-bond donors (Lipinski definition) is 1. The van der Waals surface area contributed by atoms with Gasteiger partial charge in [-0.2, -0.15) is 0 Å². The molecule has 0 radical (unpaired) electrons. The predicted octanol–water partition coefficient (Wildman–Crippen LogP) is 8.71. The van der Waals surface area contributed by atoms with Crippen molar-refractivity contribution in [2.45, 2.75) is 63.1 Å². The van der Waals surface area contributed by atoms with Crippen LogP contribution in [-0.2, 0) is 12.2 Å². The Morgan fingerprint density at radius 2 is 1.84 bits per heavy atom. The summed E-state index contributed by atoms with van der Waals surface area (Å²) in [6.45, 7) is 2.26. The molecule has 0 spiro atoms. The van der Waals surface area contributed by atoms with Gasteiger partial charge in [0.15, 0.2) is 0 Å². The highest BCUT2D eigenvalue weighted by Crippen LogP contribution is 2.49. The zero-order valence-electron chi connectivity index (χ0n) is 21.0. The van der Waals surface area contributed by atoms with Gasteiger partial charge < -0.3 is 14.4 Å². The third kappa shape index (κ3) is 4.84. The van der Waals surface area contributed by atoms with Gasteiger partial charge in [0.1, 0.15) is 29.6 Å². The van der Waals surface area contributed by atoms with Gasteiger partial charge in [-0.05, 0) is 86.4 Å². The van der Waals surface area contributed by atoms with Crippen molar-refractivity contribution in [1.82, 2.24) is 5.16 Å². The van der Waals surface area contributed by atoms with Gasteiger partial charge in [-0.1, -0.05) is 58.7 Å². The van der Waals surface area contributed by atoms with Crippen LogP contribution in [0.2, 0.25) is 10.0 Å². The summed E-state index contributed by atoms with van der Waals surface area (Å²) in [5.41, 5.74) is 3.98. The van der Waals surface area contributed by atoms with E-state index in [1.165, 1.54) is 6.07 Å². The summed E-state index contributed by atoms with van der Waals surface area (Å²) in [7, 11) is 0. The maximum atomic E-state index is 13.7. The van der Waals surface area contributed by atoms with Crippen molar-refractivity contribution in [1.29, 1.82) is 0 Å². The fourth-order valence-electron chi connectivity index (χ4n) is 5.69. The molecule has 0 aliphatic heterocycles. The van der Waals surface area contributed by atoms with Crippen LogP contribution in [0.1, 0.15) is 72.0 Å². The molecule has 4 nitrogen and oxygen atoms in total. The lowest BCUT2D eigenvalue weighted by Crippen LogP contribution is -2.22. The molecule has 2 fully saturated rings. The Morgan fingerprint density at radius 1 is 1.03 bits per heavy atom. The monoisotopic (exact) mass is 551 g/mol. The van der Waals surface area contributed by atoms with Crippen LogP contribution in [0, 0.1) is 12.7 Å². The lowest BCUT2D eigenvalue weighted by Gasteiger charge is -2.25. The van der Waals surface area contributed by atoms with E-state index in [4.69, 9.17) is 32.5 Å². The standard InChI is InChI=1S/C31H28Cl2FNO3/c1-18-4-2-7-26(32)28(18)29-24(30(38-35-29)19-8-9-19)17-37-23-10-11-25(27(33)15-23)31(36)13-12-21(16-31)20-5-3-6-22(34)14-20/h2-7,10-11,14-15,19,21,36H,8-9,12-13,16-17H2,1H3. The Kier molecular flexibility index (Phi) is 6.71. The fourth-order valence-corrected chi connectivity index (χ4v) is 6.35. The molecule has 2 atom stereocenters. The first-order valence-electron chi connectivity index (χ1n) is 13.0. The third-order valence-corrected chi connectivity index (χ3v) is 8.49. The van der Waals surface area contributed by atoms with Crippen LogP contribution in [0.5, 0.6) is 5.75 Å². The van der Waals surface area contributed by atoms with E-state index >= 15 is 0 Å². The van der Waals surface area contributed by atoms with Crippen molar-refractivity contribution >= 4 is 23.2 Å². The molecule has 0 saturated heterocycles. The van der Waals surface area contributed by atoms with E-state index in [0.29, 0.717) is 45.8 Å². The summed E-state index contributed by atoms with van der Waals surface area (Å²) in [5.74, 6) is 1.61. The van der Waals surface area contributed by atoms with E-state index < -0.39 is 5.60 Å². The van der Waals surface area contributed by atoms with Gasteiger partial charge in [0.2, 0.25) is 0 Å². The van der Waals surface area contributed by atoms with Crippen molar-refractivity contribution in [2.24, 2.45) is 0 Å². The number of halogens is 3. The molecule has 3 aromatic carbocycles. The number of hydrogen-bond acceptors (Lipinski definition) is 4. The molecule has 6 rings (SSSR count). The Hall–Kier alpha value is -2.86. The molecule has 38 heavy (non-hydrogen) atoms. The quantitative estimate of drug-likeness (QED) is 0.249. The molecule has 0 amide bonds. The van der Waals surface area contributed by atoms with Gasteiger partial charge >= 0.3 is 0 Å². The van der Waals surface area contributed by atoms with Crippen molar-refractivity contribution < 1.29 is 18.8 Å². The largest absolute Gasteiger partial charge is 0.489 e. The van der Waals surface area contributed by atoms with E-state index in [2.05, 4.69) is 5.16 Å². The average molecular weight is 552 g/mol. The second-order valence-electron chi connectivity index (χ2n) is 10.5. The SMILES string of the molecule is Cc1cccc(Cl)c1-c1noc(C2CC2)c1COc1ccc(C2(O)CCC(c3cccc(F)c3)C2)c(Cl)c1. The first-order chi connectivity index (χ1) is 18.3. The highest BCUT2D eigenvalue weighted by molar-refractivity contribution is 6.33. The summed E-state index contributed by atoms with van der Waals surface area (Å²) in [4.78, 5) is 0. The maximum Gasteiger partial charge on any atom is 0.147 e. The summed E-state index contributed by atoms with van der Waals surface area (Å²) in [5, 5.41) is 16.9. The number of nitrogens with zero attached hydrogens (tertiary/aromatic N) is 1. The number of benzene rings is 3. The summed E-state index contributed by atoms with van der Waals surface area (Å²) in [6.07, 6.45) is 3.94. The van der Waals surface area contributed by atoms with E-state index in [1.54, 1.807) is 18.2 Å². The Labute approximate surface area is 231 Å². The zero-order chi connectivity index (χ0) is 26.4. The molecule has 196 valence electrons. The van der Waals surface area contributed by atoms with Gasteiger partial charge in [-0.15, -0.1) is 0 Å². The van der Waals surface area contributed by atoms with E-state index in [9.17, 15) is 9.50 Å². The molecule has 2 saturated carbocycles. The molecule has 1 heterocycles. The van der Waals surface area contributed by atoms with Crippen molar-refractivity contribution in [3.05, 3.63) is 105 Å². The first kappa shape index (κ1) is 25.4. The number of rotatable bonds is 7. The van der Waals surface area contributed by atoms with Crippen LogP contribution < -0.4 is 4.74 Å². The average Bonchev–Trinajstić information content (AvgIpc) is 3.53. The number of aromatic nitrogens is 1. The molecule has 1 N–H and O–H groups in total. The molecule has 7 heteroatoms. The van der Waals surface area contributed by atoms with Crippen LogP contribution >= 0.6 is 23.2 Å². The summed E-state index contributed by atoms with van der Waals surface area (Å²) >= 11 is 13.2. The molecule has 0 bridgehead atoms. The van der Waals surface area contributed by atoms with Crippen LogP contribution in [0.25, 0.3) is 11.3 Å². The predicted molar refractivity (Wildman–Crippen MR) is 146 cm³/mol. The summed E-state index contributed by atoms with van der Waals surface area (Å²) in [6, 6.07) is 17.8. The molecular weight excluding hydrogens is 524 g/mol. The minimum Gasteiger partial charge on any atom is -0.489 e. The van der Waals surface area contributed by atoms with E-state index in [-0.39, 0.29) is 18.3 Å². The van der Waals surface area contributed by atoms with Crippen LogP contribution in [0.3, 0.4) is 0 Å². The maximum absolute atomic E-state index is 13.7. The molecular formula is C31H28Cl2FNO3. The van der Waals surface area contributed by atoms with Gasteiger partial charge in [0.25, 0.3) is 0 Å². The van der Waals surface area contributed by atoms with Crippen LogP contribution in [0.4, 0.5) is 4.39 Å². The molecule has 2 unspecified atom stereocenters. The van der Waals surface area contributed by atoms with Crippen LogP contribution in [0.15, 0.2) is 65.2 Å². The Bertz CT molecular complexity index is 1480. The van der Waals surface area contributed by atoms with E-state index in [1.807, 2.05) is 43.3 Å². The lowest BCUT2D eigenvalue weighted by molar-refractivity contribution is 0.0429. The number of aryl methyl sites for hydroxylation is 1. The van der Waals surface area contributed by atoms with Gasteiger partial charge in [-0.3, -0.25) is 0 Å². The van der Waals surface area contributed by atoms with Gasteiger partial charge in [0.05, 0.1) is 21.2 Å². The third-order valence-electron chi connectivity index (χ3n) is 7.86. The topological polar surface area (TPSA) is 55.5 Å². The minimum atomic E-state index is -1.07. The molecule has 2 aliphatic carbocycles.